The number of nitriles is 1. The van der Waals surface area contributed by atoms with E-state index < -0.39 is 17.0 Å². The molecule has 1 unspecified atom stereocenters. The number of carbonyl (C=O) groups excluding carboxylic acids is 2. The van der Waals surface area contributed by atoms with Crippen LogP contribution in [0.1, 0.15) is 61.6 Å². The first kappa shape index (κ1) is 39.4. The smallest absolute Gasteiger partial charge is 0.329 e. The van der Waals surface area contributed by atoms with Crippen LogP contribution in [0.15, 0.2) is 63.9 Å². The van der Waals surface area contributed by atoms with E-state index in [0.717, 1.165) is 67.4 Å². The van der Waals surface area contributed by atoms with E-state index >= 15 is 0 Å². The van der Waals surface area contributed by atoms with Crippen molar-refractivity contribution in [3.63, 3.8) is 0 Å². The van der Waals surface area contributed by atoms with E-state index in [0.29, 0.717) is 58.8 Å². The Morgan fingerprint density at radius 2 is 1.81 bits per heavy atom. The first-order chi connectivity index (χ1) is 27.9. The van der Waals surface area contributed by atoms with Crippen molar-refractivity contribution in [3.05, 3.63) is 86.3 Å². The fraction of sp³-hybridized carbons (Fsp3) is 0.390. The molecule has 0 spiro atoms. The average Bonchev–Trinajstić information content (AvgIpc) is 3.55. The number of likely N-dealkylation sites (tertiary alicyclic amines) is 1. The molecule has 0 aliphatic carbocycles. The number of anilines is 2. The molecule has 3 aromatic heterocycles. The molecule has 15 nitrogen and oxygen atoms in total. The van der Waals surface area contributed by atoms with E-state index in [1.807, 2.05) is 29.6 Å². The fourth-order valence-corrected chi connectivity index (χ4v) is 9.71. The second-order valence-corrected chi connectivity index (χ2v) is 17.2. The minimum absolute atomic E-state index is 0.0744. The summed E-state index contributed by atoms with van der Waals surface area (Å²) < 4.78 is 19.0. The molecule has 5 aromatic rings. The van der Waals surface area contributed by atoms with Gasteiger partial charge in [-0.25, -0.2) is 18.3 Å². The van der Waals surface area contributed by atoms with Gasteiger partial charge in [0.1, 0.15) is 21.7 Å². The number of fused-ring (bicyclic) bond motifs is 2. The van der Waals surface area contributed by atoms with Crippen molar-refractivity contribution in [1.82, 2.24) is 38.8 Å². The quantitative estimate of drug-likeness (QED) is 0.204. The molecule has 0 saturated carbocycles. The molecule has 2 aromatic carbocycles. The van der Waals surface area contributed by atoms with Gasteiger partial charge in [0.15, 0.2) is 5.82 Å². The summed E-state index contributed by atoms with van der Waals surface area (Å²) in [6, 6.07) is 15.3. The number of nitrogens with zero attached hydrogens (tertiary/aromatic N) is 9. The van der Waals surface area contributed by atoms with E-state index in [1.54, 1.807) is 36.1 Å². The van der Waals surface area contributed by atoms with Gasteiger partial charge in [0.25, 0.3) is 5.56 Å². The minimum Gasteiger partial charge on any atom is -0.351 e. The van der Waals surface area contributed by atoms with Crippen molar-refractivity contribution >= 4 is 74.3 Å². The maximum Gasteiger partial charge on any atom is 0.329 e. The Morgan fingerprint density at radius 1 is 1.03 bits per heavy atom. The van der Waals surface area contributed by atoms with Crippen LogP contribution in [0.25, 0.3) is 28.0 Å². The lowest BCUT2D eigenvalue weighted by Crippen LogP contribution is -2.49. The van der Waals surface area contributed by atoms with Gasteiger partial charge in [-0.1, -0.05) is 29.3 Å². The van der Waals surface area contributed by atoms with E-state index in [2.05, 4.69) is 55.7 Å². The summed E-state index contributed by atoms with van der Waals surface area (Å²) in [4.78, 5) is 50.1. The number of aryl methyl sites for hydroxylation is 2. The molecule has 3 fully saturated rings. The number of amides is 3. The van der Waals surface area contributed by atoms with Gasteiger partial charge in [-0.05, 0) is 99.1 Å². The lowest BCUT2D eigenvalue weighted by molar-refractivity contribution is -0.120. The Hall–Kier alpha value is -5.47. The number of halogens is 1. The third-order valence-electron chi connectivity index (χ3n) is 11.4. The minimum atomic E-state index is -1.40. The van der Waals surface area contributed by atoms with Crippen LogP contribution in [0, 0.1) is 11.3 Å². The number of hydrogen-bond acceptors (Lipinski definition) is 10. The molecule has 8 rings (SSSR count). The van der Waals surface area contributed by atoms with Crippen LogP contribution in [0.4, 0.5) is 16.6 Å². The zero-order valence-corrected chi connectivity index (χ0v) is 34.1. The highest BCUT2D eigenvalue weighted by Crippen LogP contribution is 2.34. The average molecular weight is 822 g/mol. The van der Waals surface area contributed by atoms with Crippen LogP contribution in [0.3, 0.4) is 0 Å². The summed E-state index contributed by atoms with van der Waals surface area (Å²) in [5.41, 5.74) is 4.80. The lowest BCUT2D eigenvalue weighted by Gasteiger charge is -2.32. The van der Waals surface area contributed by atoms with Crippen LogP contribution in [0.2, 0.25) is 5.02 Å². The van der Waals surface area contributed by atoms with Gasteiger partial charge < -0.3 is 5.32 Å². The largest absolute Gasteiger partial charge is 0.351 e. The number of nitrogens with one attached hydrogen (secondary N) is 2. The van der Waals surface area contributed by atoms with Crippen molar-refractivity contribution in [1.29, 1.82) is 5.26 Å². The zero-order chi connectivity index (χ0) is 40.7. The molecule has 3 aliphatic heterocycles. The maximum absolute atomic E-state index is 13.8. The van der Waals surface area contributed by atoms with Gasteiger partial charge in [0.05, 0.1) is 22.0 Å². The van der Waals surface area contributed by atoms with Crippen molar-refractivity contribution in [2.75, 3.05) is 49.5 Å². The Balaban J connectivity index is 0.864. The Bertz CT molecular complexity index is 2600. The summed E-state index contributed by atoms with van der Waals surface area (Å²) in [5.74, 6) is 1.11. The maximum atomic E-state index is 13.8. The monoisotopic (exact) mass is 821 g/mol. The van der Waals surface area contributed by atoms with Crippen molar-refractivity contribution < 1.29 is 13.8 Å². The van der Waals surface area contributed by atoms with Crippen molar-refractivity contribution in [2.45, 2.75) is 55.9 Å². The summed E-state index contributed by atoms with van der Waals surface area (Å²) in [7, 11) is 2.11. The molecule has 6 heterocycles. The second kappa shape index (κ2) is 16.4. The summed E-state index contributed by atoms with van der Waals surface area (Å²) in [6.07, 6.45) is 7.39. The molecule has 0 bridgehead atoms. The fourth-order valence-electron chi connectivity index (χ4n) is 8.21. The van der Waals surface area contributed by atoms with Crippen LogP contribution in [-0.4, -0.2) is 95.0 Å². The van der Waals surface area contributed by atoms with Gasteiger partial charge in [0.2, 0.25) is 11.9 Å². The number of imide groups is 1. The topological polar surface area (TPSA) is 174 Å². The van der Waals surface area contributed by atoms with E-state index in [9.17, 15) is 23.9 Å². The molecule has 1 atom stereocenters. The van der Waals surface area contributed by atoms with Crippen molar-refractivity contribution in [2.24, 2.45) is 14.1 Å². The molecular weight excluding hydrogens is 778 g/mol. The normalized spacial score (nSPS) is 18.5. The van der Waals surface area contributed by atoms with Gasteiger partial charge >= 0.3 is 6.03 Å². The molecule has 300 valence electrons. The highest BCUT2D eigenvalue weighted by molar-refractivity contribution is 7.82. The van der Waals surface area contributed by atoms with Crippen LogP contribution < -0.4 is 21.1 Å². The second-order valence-electron chi connectivity index (χ2n) is 15.3. The zero-order valence-electron chi connectivity index (χ0n) is 32.6. The van der Waals surface area contributed by atoms with Gasteiger partial charge in [0, 0.05) is 69.7 Å². The van der Waals surface area contributed by atoms with Gasteiger partial charge in [-0.2, -0.15) is 15.3 Å². The Morgan fingerprint density at radius 3 is 2.55 bits per heavy atom. The lowest BCUT2D eigenvalue weighted by atomic mass is 9.88. The number of hydrogen-bond donors (Lipinski definition) is 2. The van der Waals surface area contributed by atoms with E-state index in [4.69, 9.17) is 11.6 Å². The van der Waals surface area contributed by atoms with Gasteiger partial charge in [-0.15, -0.1) is 0 Å². The Labute approximate surface area is 342 Å². The van der Waals surface area contributed by atoms with E-state index in [-0.39, 0.29) is 29.0 Å². The predicted octanol–water partition coefficient (Wildman–Crippen LogP) is 5.07. The first-order valence-corrected chi connectivity index (χ1v) is 20.9. The summed E-state index contributed by atoms with van der Waals surface area (Å²) in [5, 5.41) is 22.0. The Kier molecular flexibility index (Phi) is 11.1. The molecular formula is C41H44ClN11O4S. The number of aromatic nitrogens is 5. The summed E-state index contributed by atoms with van der Waals surface area (Å²) in [6.45, 7) is 6.20. The number of piperidine rings is 2. The third-order valence-corrected chi connectivity index (χ3v) is 13.1. The highest BCUT2D eigenvalue weighted by Gasteiger charge is 2.29. The first-order valence-electron chi connectivity index (χ1n) is 19.4. The van der Waals surface area contributed by atoms with Crippen LogP contribution >= 0.6 is 11.6 Å². The summed E-state index contributed by atoms with van der Waals surface area (Å²) >= 11 is 6.04. The standard InChI is InChI=1S/C41H44ClN11O4S/c1-25(24-51-13-8-26(9-14-51)27-5-7-33-35(21-27)50(3)48-38(33)53-17-12-36(54)46-41(53)56)18-29-19-32(6-4-28(29)22-43)58(57)52-15-10-31(11-16-52)45-40-44-23-30-20-34(42)39(55)49(2)37(30)47-40/h4-7,18-21,23,26,31H,8-17,24H2,1-3H3,(H,44,45,47)(H,46,54,56)/b25-18+. The molecule has 0 radical (unpaired) electrons. The SMILES string of the molecule is C/C(=C\c1cc(S(=O)N2CCC(Nc3ncc4cc(Cl)c(=O)n(C)c4n3)CC2)ccc1C#N)CN1CCC(c2ccc3c(N4CCC(=O)NC4=O)nn(C)c3c2)CC1. The van der Waals surface area contributed by atoms with E-state index in [1.165, 1.54) is 15.0 Å². The van der Waals surface area contributed by atoms with Gasteiger partial charge in [-0.3, -0.25) is 34.0 Å². The number of rotatable bonds is 9. The number of carbonyl (C=O) groups is 2. The molecule has 2 N–H and O–H groups in total. The molecule has 3 saturated heterocycles. The number of benzene rings is 2. The molecule has 58 heavy (non-hydrogen) atoms. The number of urea groups is 1. The van der Waals surface area contributed by atoms with Crippen molar-refractivity contribution in [3.8, 4) is 6.07 Å². The third kappa shape index (κ3) is 7.99. The molecule has 3 aliphatic rings. The predicted molar refractivity (Wildman–Crippen MR) is 224 cm³/mol. The molecule has 3 amide bonds. The highest BCUT2D eigenvalue weighted by atomic mass is 35.5. The molecule has 17 heteroatoms. The number of pyridine rings is 1. The van der Waals surface area contributed by atoms with Crippen LogP contribution in [0.5, 0.6) is 0 Å². The van der Waals surface area contributed by atoms with Crippen LogP contribution in [-0.2, 0) is 29.9 Å².